The molecule has 0 fully saturated rings. The van der Waals surface area contributed by atoms with E-state index in [9.17, 15) is 0 Å². The van der Waals surface area contributed by atoms with Gasteiger partial charge >= 0.3 is 0 Å². The molecule has 0 aliphatic heterocycles. The molecule has 0 aliphatic rings. The molecule has 0 bridgehead atoms. The molecule has 7 heteroatoms. The van der Waals surface area contributed by atoms with Crippen LogP contribution in [-0.2, 0) is 6.54 Å². The predicted octanol–water partition coefficient (Wildman–Crippen LogP) is 5.46. The fourth-order valence-corrected chi connectivity index (χ4v) is 2.82. The fourth-order valence-electron chi connectivity index (χ4n) is 2.36. The Kier molecular flexibility index (Phi) is 5.81. The van der Waals surface area contributed by atoms with Gasteiger partial charge in [-0.05, 0) is 42.8 Å². The smallest absolute Gasteiger partial charge is 0.229 e. The second-order valence-electron chi connectivity index (χ2n) is 5.67. The number of nitrogens with one attached hydrogen (secondary N) is 2. The summed E-state index contributed by atoms with van der Waals surface area (Å²) in [5, 5.41) is 7.51. The highest BCUT2D eigenvalue weighted by Gasteiger charge is 2.06. The maximum absolute atomic E-state index is 6.20. The van der Waals surface area contributed by atoms with Crippen molar-refractivity contribution in [2.75, 3.05) is 17.7 Å². The molecule has 3 rings (SSSR count). The number of hydrogen-bond acceptors (Lipinski definition) is 5. The van der Waals surface area contributed by atoms with Gasteiger partial charge < -0.3 is 15.4 Å². The Morgan fingerprint density at radius 1 is 1.00 bits per heavy atom. The van der Waals surface area contributed by atoms with Gasteiger partial charge in [-0.2, -0.15) is 4.98 Å². The highest BCUT2D eigenvalue weighted by atomic mass is 35.5. The van der Waals surface area contributed by atoms with Crippen molar-refractivity contribution in [1.82, 2.24) is 9.97 Å². The van der Waals surface area contributed by atoms with Crippen LogP contribution < -0.4 is 15.4 Å². The molecule has 0 amide bonds. The van der Waals surface area contributed by atoms with Gasteiger partial charge in [-0.15, -0.1) is 0 Å². The first-order chi connectivity index (χ1) is 12.5. The Labute approximate surface area is 162 Å². The molecular formula is C19H18Cl2N4O. The largest absolute Gasteiger partial charge is 0.497 e. The van der Waals surface area contributed by atoms with Crippen molar-refractivity contribution in [3.05, 3.63) is 69.8 Å². The topological polar surface area (TPSA) is 59.1 Å². The van der Waals surface area contributed by atoms with E-state index in [-0.39, 0.29) is 0 Å². The minimum atomic E-state index is 0.464. The average Bonchev–Trinajstić information content (AvgIpc) is 2.62. The van der Waals surface area contributed by atoms with E-state index in [0.29, 0.717) is 28.2 Å². The summed E-state index contributed by atoms with van der Waals surface area (Å²) in [5.41, 5.74) is 2.66. The Balaban J connectivity index is 1.72. The summed E-state index contributed by atoms with van der Waals surface area (Å²) in [4.78, 5) is 8.89. The third kappa shape index (κ3) is 4.77. The van der Waals surface area contributed by atoms with Gasteiger partial charge in [0.05, 0.1) is 17.8 Å². The van der Waals surface area contributed by atoms with Crippen molar-refractivity contribution in [1.29, 1.82) is 0 Å². The Bertz CT molecular complexity index is 901. The minimum Gasteiger partial charge on any atom is -0.497 e. The Morgan fingerprint density at radius 3 is 2.46 bits per heavy atom. The molecule has 0 radical (unpaired) electrons. The standard InChI is InChI=1S/C19H18Cl2N4O/c1-12-9-18(22-11-13-3-6-15(26-2)7-4-13)25-19(23-12)24-17-8-5-14(20)10-16(17)21/h3-10H,11H2,1-2H3,(H2,22,23,24,25). The molecule has 3 aromatic rings. The lowest BCUT2D eigenvalue weighted by atomic mass is 10.2. The monoisotopic (exact) mass is 388 g/mol. The van der Waals surface area contributed by atoms with E-state index in [1.165, 1.54) is 0 Å². The summed E-state index contributed by atoms with van der Waals surface area (Å²) in [7, 11) is 1.65. The molecule has 0 spiro atoms. The molecule has 1 heterocycles. The van der Waals surface area contributed by atoms with Crippen molar-refractivity contribution in [2.24, 2.45) is 0 Å². The van der Waals surface area contributed by atoms with Gasteiger partial charge in [0, 0.05) is 23.3 Å². The van der Waals surface area contributed by atoms with Crippen molar-refractivity contribution in [2.45, 2.75) is 13.5 Å². The summed E-state index contributed by atoms with van der Waals surface area (Å²) in [5.74, 6) is 2.02. The molecule has 0 aliphatic carbocycles. The van der Waals surface area contributed by atoms with Gasteiger partial charge in [-0.3, -0.25) is 0 Å². The highest BCUT2D eigenvalue weighted by Crippen LogP contribution is 2.27. The second kappa shape index (κ2) is 8.25. The zero-order valence-electron chi connectivity index (χ0n) is 14.4. The maximum Gasteiger partial charge on any atom is 0.229 e. The van der Waals surface area contributed by atoms with Crippen LogP contribution in [0.1, 0.15) is 11.3 Å². The van der Waals surface area contributed by atoms with Crippen molar-refractivity contribution < 1.29 is 4.74 Å². The molecule has 5 nitrogen and oxygen atoms in total. The number of nitrogens with zero attached hydrogens (tertiary/aromatic N) is 2. The van der Waals surface area contributed by atoms with E-state index in [1.807, 2.05) is 37.3 Å². The molecule has 0 saturated carbocycles. The molecule has 2 aromatic carbocycles. The molecule has 0 unspecified atom stereocenters. The third-order valence-corrected chi connectivity index (χ3v) is 4.21. The van der Waals surface area contributed by atoms with Crippen LogP contribution >= 0.6 is 23.2 Å². The number of ether oxygens (including phenoxy) is 1. The summed E-state index contributed by atoms with van der Waals surface area (Å²) < 4.78 is 5.17. The SMILES string of the molecule is COc1ccc(CNc2cc(C)nc(Nc3ccc(Cl)cc3Cl)n2)cc1. The summed E-state index contributed by atoms with van der Waals surface area (Å²) in [6.07, 6.45) is 0. The number of aryl methyl sites for hydroxylation is 1. The maximum atomic E-state index is 6.20. The van der Waals surface area contributed by atoms with Crippen molar-refractivity contribution >= 4 is 40.7 Å². The van der Waals surface area contributed by atoms with E-state index >= 15 is 0 Å². The van der Waals surface area contributed by atoms with Gasteiger partial charge in [-0.1, -0.05) is 35.3 Å². The van der Waals surface area contributed by atoms with Crippen LogP contribution in [0.5, 0.6) is 5.75 Å². The molecule has 0 saturated heterocycles. The van der Waals surface area contributed by atoms with Gasteiger partial charge in [0.2, 0.25) is 5.95 Å². The average molecular weight is 389 g/mol. The van der Waals surface area contributed by atoms with Gasteiger partial charge in [0.15, 0.2) is 0 Å². The molecule has 1 aromatic heterocycles. The number of rotatable bonds is 6. The quantitative estimate of drug-likeness (QED) is 0.587. The fraction of sp³-hybridized carbons (Fsp3) is 0.158. The van der Waals surface area contributed by atoms with Crippen LogP contribution in [0.3, 0.4) is 0 Å². The van der Waals surface area contributed by atoms with E-state index in [1.54, 1.807) is 25.3 Å². The van der Waals surface area contributed by atoms with E-state index < -0.39 is 0 Å². The first-order valence-corrected chi connectivity index (χ1v) is 8.73. The molecular weight excluding hydrogens is 371 g/mol. The zero-order chi connectivity index (χ0) is 18.5. The molecule has 26 heavy (non-hydrogen) atoms. The van der Waals surface area contributed by atoms with Crippen LogP contribution in [0.25, 0.3) is 0 Å². The number of aromatic nitrogens is 2. The number of halogens is 2. The predicted molar refractivity (Wildman–Crippen MR) is 107 cm³/mol. The first-order valence-electron chi connectivity index (χ1n) is 7.98. The lowest BCUT2D eigenvalue weighted by Gasteiger charge is -2.11. The van der Waals surface area contributed by atoms with Crippen LogP contribution in [0.4, 0.5) is 17.5 Å². The second-order valence-corrected chi connectivity index (χ2v) is 6.51. The summed E-state index contributed by atoms with van der Waals surface area (Å²) in [6, 6.07) is 15.0. The number of hydrogen-bond donors (Lipinski definition) is 2. The molecule has 2 N–H and O–H groups in total. The summed E-state index contributed by atoms with van der Waals surface area (Å²) >= 11 is 12.1. The van der Waals surface area contributed by atoms with Gasteiger partial charge in [0.25, 0.3) is 0 Å². The zero-order valence-corrected chi connectivity index (χ0v) is 15.9. The van der Waals surface area contributed by atoms with E-state index in [0.717, 1.165) is 22.8 Å². The number of methoxy groups -OCH3 is 1. The van der Waals surface area contributed by atoms with Crippen LogP contribution in [0, 0.1) is 6.92 Å². The Hall–Kier alpha value is -2.50. The van der Waals surface area contributed by atoms with Crippen LogP contribution in [0.15, 0.2) is 48.5 Å². The minimum absolute atomic E-state index is 0.464. The number of anilines is 3. The van der Waals surface area contributed by atoms with Crippen LogP contribution in [-0.4, -0.2) is 17.1 Å². The third-order valence-electron chi connectivity index (χ3n) is 3.66. The normalized spacial score (nSPS) is 10.5. The number of benzene rings is 2. The lowest BCUT2D eigenvalue weighted by molar-refractivity contribution is 0.414. The molecule has 0 atom stereocenters. The highest BCUT2D eigenvalue weighted by molar-refractivity contribution is 6.36. The van der Waals surface area contributed by atoms with Gasteiger partial charge in [0.1, 0.15) is 11.6 Å². The summed E-state index contributed by atoms with van der Waals surface area (Å²) in [6.45, 7) is 2.55. The van der Waals surface area contributed by atoms with Crippen LogP contribution in [0.2, 0.25) is 10.0 Å². The lowest BCUT2D eigenvalue weighted by Crippen LogP contribution is -2.05. The molecule has 134 valence electrons. The van der Waals surface area contributed by atoms with Crippen molar-refractivity contribution in [3.8, 4) is 5.75 Å². The first kappa shape index (κ1) is 18.3. The van der Waals surface area contributed by atoms with Gasteiger partial charge in [-0.25, -0.2) is 4.98 Å². The Morgan fingerprint density at radius 2 is 1.77 bits per heavy atom. The van der Waals surface area contributed by atoms with E-state index in [2.05, 4.69) is 20.6 Å². The van der Waals surface area contributed by atoms with E-state index in [4.69, 9.17) is 27.9 Å². The van der Waals surface area contributed by atoms with Crippen molar-refractivity contribution in [3.63, 3.8) is 0 Å².